The van der Waals surface area contributed by atoms with Crippen molar-refractivity contribution in [2.45, 2.75) is 63.4 Å². The minimum atomic E-state index is -1.75. The Morgan fingerprint density at radius 2 is 1.26 bits per heavy atom. The first-order valence-corrected chi connectivity index (χ1v) is 7.06. The largest absolute Gasteiger partial charge is 0.378 e. The lowest BCUT2D eigenvalue weighted by Crippen LogP contribution is -2.49. The van der Waals surface area contributed by atoms with Gasteiger partial charge in [0.15, 0.2) is 6.17 Å². The van der Waals surface area contributed by atoms with Crippen LogP contribution >= 0.6 is 0 Å². The van der Waals surface area contributed by atoms with Crippen LogP contribution in [0.5, 0.6) is 0 Å². The van der Waals surface area contributed by atoms with Crippen molar-refractivity contribution in [2.24, 2.45) is 17.8 Å². The average molecular weight is 282 g/mol. The number of ether oxygens (including phenoxy) is 1. The molecular weight excluding hydrogens is 260 g/mol. The van der Waals surface area contributed by atoms with Gasteiger partial charge in [-0.3, -0.25) is 0 Å². The fourth-order valence-electron chi connectivity index (χ4n) is 3.59. The summed E-state index contributed by atoms with van der Waals surface area (Å²) in [5.41, 5.74) is 0. The van der Waals surface area contributed by atoms with E-state index in [1.165, 1.54) is 7.11 Å². The normalized spacial score (nSPS) is 52.1. The van der Waals surface area contributed by atoms with Gasteiger partial charge in [-0.15, -0.1) is 0 Å². The summed E-state index contributed by atoms with van der Waals surface area (Å²) in [4.78, 5) is 0. The molecule has 2 aliphatic rings. The third kappa shape index (κ3) is 2.76. The van der Waals surface area contributed by atoms with Crippen LogP contribution in [0.25, 0.3) is 0 Å². The van der Waals surface area contributed by atoms with Gasteiger partial charge in [-0.25, -0.2) is 17.6 Å². The Morgan fingerprint density at radius 1 is 0.737 bits per heavy atom. The molecule has 0 bridgehead atoms. The summed E-state index contributed by atoms with van der Waals surface area (Å²) in [5, 5.41) is 0. The number of alkyl halides is 4. The van der Waals surface area contributed by atoms with Gasteiger partial charge in [-0.05, 0) is 43.4 Å². The van der Waals surface area contributed by atoms with Gasteiger partial charge in [0.25, 0.3) is 0 Å². The van der Waals surface area contributed by atoms with E-state index in [4.69, 9.17) is 4.74 Å². The second-order valence-corrected chi connectivity index (χ2v) is 6.01. The Labute approximate surface area is 111 Å². The quantitative estimate of drug-likeness (QED) is 0.700. The van der Waals surface area contributed by atoms with Crippen LogP contribution in [-0.2, 0) is 4.74 Å². The van der Waals surface area contributed by atoms with E-state index in [1.807, 2.05) is 0 Å². The lowest BCUT2D eigenvalue weighted by Gasteiger charge is -2.43. The van der Waals surface area contributed by atoms with E-state index in [0.29, 0.717) is 25.7 Å². The predicted octanol–water partition coefficient (Wildman–Crippen LogP) is 3.81. The van der Waals surface area contributed by atoms with Crippen molar-refractivity contribution in [1.29, 1.82) is 0 Å². The molecule has 0 saturated heterocycles. The maximum absolute atomic E-state index is 14.1. The van der Waals surface area contributed by atoms with Gasteiger partial charge in [-0.1, -0.05) is 6.92 Å². The molecule has 0 amide bonds. The fourth-order valence-corrected chi connectivity index (χ4v) is 3.59. The van der Waals surface area contributed by atoms with Gasteiger partial charge < -0.3 is 4.74 Å². The highest BCUT2D eigenvalue weighted by Gasteiger charge is 2.49. The van der Waals surface area contributed by atoms with E-state index in [9.17, 15) is 17.6 Å². The van der Waals surface area contributed by atoms with Crippen LogP contribution in [0, 0.1) is 17.8 Å². The Balaban J connectivity index is 2.06. The van der Waals surface area contributed by atoms with Crippen molar-refractivity contribution >= 4 is 0 Å². The zero-order valence-corrected chi connectivity index (χ0v) is 11.4. The highest BCUT2D eigenvalue weighted by Crippen LogP contribution is 2.44. The first kappa shape index (κ1) is 15.1. The molecule has 19 heavy (non-hydrogen) atoms. The smallest absolute Gasteiger partial charge is 0.157 e. The van der Waals surface area contributed by atoms with E-state index in [-0.39, 0.29) is 5.92 Å². The molecule has 2 saturated carbocycles. The Bertz CT molecular complexity index is 301. The highest BCUT2D eigenvalue weighted by atomic mass is 19.2. The van der Waals surface area contributed by atoms with Crippen LogP contribution in [0.3, 0.4) is 0 Å². The van der Waals surface area contributed by atoms with E-state index >= 15 is 0 Å². The number of halogens is 4. The van der Waals surface area contributed by atoms with Gasteiger partial charge in [0.05, 0.1) is 6.10 Å². The van der Waals surface area contributed by atoms with E-state index < -0.39 is 42.6 Å². The zero-order valence-electron chi connectivity index (χ0n) is 11.4. The van der Waals surface area contributed by atoms with Crippen molar-refractivity contribution in [2.75, 3.05) is 7.11 Å². The second-order valence-electron chi connectivity index (χ2n) is 6.01. The molecule has 0 aromatic carbocycles. The molecule has 0 aromatic rings. The third-order valence-electron chi connectivity index (χ3n) is 4.92. The van der Waals surface area contributed by atoms with Crippen molar-refractivity contribution in [1.82, 2.24) is 0 Å². The predicted molar refractivity (Wildman–Crippen MR) is 65.0 cm³/mol. The van der Waals surface area contributed by atoms with Gasteiger partial charge in [0, 0.05) is 7.11 Å². The maximum Gasteiger partial charge on any atom is 0.157 e. The lowest BCUT2D eigenvalue weighted by atomic mass is 9.68. The Kier molecular flexibility index (Phi) is 4.75. The van der Waals surface area contributed by atoms with Gasteiger partial charge in [0.1, 0.15) is 18.5 Å². The van der Waals surface area contributed by atoms with Crippen molar-refractivity contribution in [3.8, 4) is 0 Å². The standard InChI is InChI=1S/C14H22F4O/c1-7-3-4-8(12(16)11(7)15)9-5-6-10(19-2)14(18)13(9)17/h7-14H,3-6H2,1-2H3. The van der Waals surface area contributed by atoms with Crippen LogP contribution in [0.15, 0.2) is 0 Å². The van der Waals surface area contributed by atoms with Gasteiger partial charge >= 0.3 is 0 Å². The molecule has 0 aliphatic heterocycles. The molecule has 0 N–H and O–H groups in total. The molecule has 0 heterocycles. The Morgan fingerprint density at radius 3 is 1.84 bits per heavy atom. The minimum absolute atomic E-state index is 0.333. The van der Waals surface area contributed by atoms with Gasteiger partial charge in [0.2, 0.25) is 0 Å². The van der Waals surface area contributed by atoms with Crippen LogP contribution in [0.2, 0.25) is 0 Å². The molecular formula is C14H22F4O. The van der Waals surface area contributed by atoms with Crippen LogP contribution < -0.4 is 0 Å². The minimum Gasteiger partial charge on any atom is -0.378 e. The SMILES string of the molecule is COC1CCC(C2CCC(C)C(F)C2F)C(F)C1F. The molecule has 0 aromatic heterocycles. The maximum atomic E-state index is 14.1. The zero-order chi connectivity index (χ0) is 14.2. The molecule has 8 atom stereocenters. The summed E-state index contributed by atoms with van der Waals surface area (Å²) < 4.78 is 60.6. The molecule has 8 unspecified atom stereocenters. The molecule has 5 heteroatoms. The van der Waals surface area contributed by atoms with E-state index in [1.54, 1.807) is 6.92 Å². The molecule has 2 rings (SSSR count). The monoisotopic (exact) mass is 282 g/mol. The van der Waals surface area contributed by atoms with Crippen molar-refractivity contribution in [3.05, 3.63) is 0 Å². The number of methoxy groups -OCH3 is 1. The third-order valence-corrected chi connectivity index (χ3v) is 4.92. The number of rotatable bonds is 2. The summed E-state index contributed by atoms with van der Waals surface area (Å²) in [6.07, 6.45) is -5.73. The highest BCUT2D eigenvalue weighted by molar-refractivity contribution is 4.97. The molecule has 112 valence electrons. The summed E-state index contributed by atoms with van der Waals surface area (Å²) in [6, 6.07) is 0. The fraction of sp³-hybridized carbons (Fsp3) is 1.00. The first-order chi connectivity index (χ1) is 8.97. The molecule has 0 spiro atoms. The number of hydrogen-bond acceptors (Lipinski definition) is 1. The second kappa shape index (κ2) is 5.98. The van der Waals surface area contributed by atoms with E-state index in [2.05, 4.69) is 0 Å². The molecule has 2 aliphatic carbocycles. The molecule has 2 fully saturated rings. The summed E-state index contributed by atoms with van der Waals surface area (Å²) >= 11 is 0. The average Bonchev–Trinajstić information content (AvgIpc) is 2.40. The molecule has 0 radical (unpaired) electrons. The van der Waals surface area contributed by atoms with Crippen molar-refractivity contribution in [3.63, 3.8) is 0 Å². The summed E-state index contributed by atoms with van der Waals surface area (Å²) in [7, 11) is 1.35. The first-order valence-electron chi connectivity index (χ1n) is 7.06. The topological polar surface area (TPSA) is 9.23 Å². The van der Waals surface area contributed by atoms with Crippen LogP contribution in [0.1, 0.15) is 32.6 Å². The molecule has 1 nitrogen and oxygen atoms in total. The summed E-state index contributed by atoms with van der Waals surface area (Å²) in [6.45, 7) is 1.67. The van der Waals surface area contributed by atoms with Gasteiger partial charge in [-0.2, -0.15) is 0 Å². The number of hydrogen-bond donors (Lipinski definition) is 0. The Hall–Kier alpha value is -0.320. The van der Waals surface area contributed by atoms with E-state index in [0.717, 1.165) is 0 Å². The summed E-state index contributed by atoms with van der Waals surface area (Å²) in [5.74, 6) is -1.75. The lowest BCUT2D eigenvalue weighted by molar-refractivity contribution is -0.0922. The van der Waals surface area contributed by atoms with Crippen molar-refractivity contribution < 1.29 is 22.3 Å². The van der Waals surface area contributed by atoms with Crippen LogP contribution in [0.4, 0.5) is 17.6 Å². The van der Waals surface area contributed by atoms with Crippen LogP contribution in [-0.4, -0.2) is 37.9 Å².